The van der Waals surface area contributed by atoms with E-state index in [1.165, 1.54) is 23.5 Å². The minimum atomic E-state index is -2.84. The highest BCUT2D eigenvalue weighted by Gasteiger charge is 2.27. The van der Waals surface area contributed by atoms with Gasteiger partial charge in [-0.05, 0) is 67.3 Å². The third-order valence-electron chi connectivity index (χ3n) is 4.47. The quantitative estimate of drug-likeness (QED) is 0.816. The number of alkyl halides is 2. The average Bonchev–Trinajstić information content (AvgIpc) is 3.24. The zero-order valence-corrected chi connectivity index (χ0v) is 14.4. The van der Waals surface area contributed by atoms with Gasteiger partial charge in [-0.3, -0.25) is 4.79 Å². The summed E-state index contributed by atoms with van der Waals surface area (Å²) >= 11 is 1.37. The van der Waals surface area contributed by atoms with Crippen LogP contribution in [0.3, 0.4) is 0 Å². The van der Waals surface area contributed by atoms with Crippen LogP contribution in [0, 0.1) is 5.92 Å². The first-order valence-corrected chi connectivity index (χ1v) is 9.04. The molecule has 1 saturated carbocycles. The van der Waals surface area contributed by atoms with Crippen molar-refractivity contribution < 1.29 is 18.3 Å². The van der Waals surface area contributed by atoms with Gasteiger partial charge in [-0.2, -0.15) is 8.78 Å². The molecule has 1 aromatic carbocycles. The van der Waals surface area contributed by atoms with Gasteiger partial charge >= 0.3 is 6.61 Å². The third kappa shape index (κ3) is 4.35. The van der Waals surface area contributed by atoms with E-state index in [1.807, 2.05) is 6.07 Å². The summed E-state index contributed by atoms with van der Waals surface area (Å²) in [4.78, 5) is 14.0. The second kappa shape index (κ2) is 7.93. The molecule has 1 aliphatic carbocycles. The fourth-order valence-electron chi connectivity index (χ4n) is 3.16. The Bertz CT molecular complexity index is 718. The highest BCUT2D eigenvalue weighted by molar-refractivity contribution is 7.17. The number of benzene rings is 1. The molecule has 7 heteroatoms. The fraction of sp³-hybridized carbons (Fsp3) is 0.389. The van der Waals surface area contributed by atoms with Crippen LogP contribution in [0.4, 0.5) is 8.78 Å². The number of hydrogen-bond donors (Lipinski definition) is 2. The molecule has 0 aliphatic heterocycles. The van der Waals surface area contributed by atoms with E-state index in [0.717, 1.165) is 29.7 Å². The topological polar surface area (TPSA) is 64.3 Å². The molecule has 0 radical (unpaired) electrons. The second-order valence-electron chi connectivity index (χ2n) is 6.07. The summed E-state index contributed by atoms with van der Waals surface area (Å²) in [6.07, 6.45) is 3.12. The molecule has 25 heavy (non-hydrogen) atoms. The van der Waals surface area contributed by atoms with Crippen molar-refractivity contribution in [2.45, 2.75) is 31.9 Å². The molecule has 134 valence electrons. The first-order valence-electron chi connectivity index (χ1n) is 8.23. The summed E-state index contributed by atoms with van der Waals surface area (Å²) in [6, 6.07) is 10.2. The van der Waals surface area contributed by atoms with Crippen molar-refractivity contribution in [3.63, 3.8) is 0 Å². The summed E-state index contributed by atoms with van der Waals surface area (Å²) in [5, 5.41) is 3.08. The minimum absolute atomic E-state index is 0.0840. The van der Waals surface area contributed by atoms with E-state index in [9.17, 15) is 13.6 Å². The third-order valence-corrected chi connectivity index (χ3v) is 5.61. The van der Waals surface area contributed by atoms with Gasteiger partial charge in [0, 0.05) is 10.9 Å². The molecular formula is C18H20F2N2O2S. The van der Waals surface area contributed by atoms with Crippen molar-refractivity contribution in [1.82, 2.24) is 5.32 Å². The lowest BCUT2D eigenvalue weighted by Gasteiger charge is -2.18. The zero-order chi connectivity index (χ0) is 17.8. The van der Waals surface area contributed by atoms with Crippen LogP contribution in [0.25, 0.3) is 10.4 Å². The Morgan fingerprint density at radius 2 is 2.00 bits per heavy atom. The lowest BCUT2D eigenvalue weighted by atomic mass is 10.0. The number of carbonyl (C=O) groups is 1. The molecule has 1 fully saturated rings. The van der Waals surface area contributed by atoms with Crippen molar-refractivity contribution in [3.8, 4) is 16.2 Å². The van der Waals surface area contributed by atoms with E-state index in [1.54, 1.807) is 18.2 Å². The Morgan fingerprint density at radius 1 is 1.24 bits per heavy atom. The predicted molar refractivity (Wildman–Crippen MR) is 94.0 cm³/mol. The van der Waals surface area contributed by atoms with E-state index in [2.05, 4.69) is 10.1 Å². The molecule has 4 nitrogen and oxygen atoms in total. The second-order valence-corrected chi connectivity index (χ2v) is 7.16. The van der Waals surface area contributed by atoms with E-state index < -0.39 is 6.61 Å². The molecule has 1 aromatic heterocycles. The van der Waals surface area contributed by atoms with Gasteiger partial charge < -0.3 is 15.8 Å². The Morgan fingerprint density at radius 3 is 2.68 bits per heavy atom. The van der Waals surface area contributed by atoms with Crippen molar-refractivity contribution in [1.29, 1.82) is 0 Å². The highest BCUT2D eigenvalue weighted by atomic mass is 32.1. The van der Waals surface area contributed by atoms with Crippen LogP contribution >= 0.6 is 11.3 Å². The van der Waals surface area contributed by atoms with E-state index in [-0.39, 0.29) is 17.7 Å². The van der Waals surface area contributed by atoms with Crippen molar-refractivity contribution >= 4 is 17.2 Å². The number of rotatable bonds is 6. The average molecular weight is 366 g/mol. The Labute approximate surface area is 149 Å². The first-order chi connectivity index (χ1) is 12.1. The predicted octanol–water partition coefficient (Wildman–Crippen LogP) is 3.87. The summed E-state index contributed by atoms with van der Waals surface area (Å²) in [5.74, 6) is 0.382. The summed E-state index contributed by atoms with van der Waals surface area (Å²) in [7, 11) is 0. The normalized spacial score (nSPS) is 20.0. The summed E-state index contributed by atoms with van der Waals surface area (Å²) in [6.45, 7) is -2.25. The molecule has 0 bridgehead atoms. The molecule has 0 spiro atoms. The van der Waals surface area contributed by atoms with Gasteiger partial charge in [-0.25, -0.2) is 0 Å². The lowest BCUT2D eigenvalue weighted by Crippen LogP contribution is -2.39. The maximum Gasteiger partial charge on any atom is 0.387 e. The van der Waals surface area contributed by atoms with Crippen LogP contribution in [0.5, 0.6) is 5.75 Å². The number of halogens is 2. The zero-order valence-electron chi connectivity index (χ0n) is 13.6. The van der Waals surface area contributed by atoms with Gasteiger partial charge in [0.2, 0.25) is 0 Å². The van der Waals surface area contributed by atoms with Crippen molar-refractivity contribution in [3.05, 3.63) is 41.3 Å². The number of thiophene rings is 1. The van der Waals surface area contributed by atoms with Gasteiger partial charge in [-0.1, -0.05) is 6.42 Å². The summed E-state index contributed by atoms with van der Waals surface area (Å²) in [5.41, 5.74) is 6.61. The van der Waals surface area contributed by atoms with Crippen LogP contribution in [0.1, 0.15) is 28.9 Å². The molecular weight excluding hydrogens is 346 g/mol. The molecule has 2 atom stereocenters. The Hall–Kier alpha value is -1.99. The molecule has 0 saturated heterocycles. The number of ether oxygens (including phenoxy) is 1. The molecule has 3 rings (SSSR count). The van der Waals surface area contributed by atoms with E-state index >= 15 is 0 Å². The van der Waals surface area contributed by atoms with Gasteiger partial charge in [0.25, 0.3) is 5.91 Å². The largest absolute Gasteiger partial charge is 0.435 e. The number of nitrogens with one attached hydrogen (secondary N) is 1. The van der Waals surface area contributed by atoms with Crippen LogP contribution < -0.4 is 15.8 Å². The lowest BCUT2D eigenvalue weighted by molar-refractivity contribution is -0.0498. The number of carbonyl (C=O) groups excluding carboxylic acids is 1. The standard InChI is InChI=1S/C18H20F2N2O2S/c19-18(20)24-13-6-4-11(5-7-13)15-8-9-16(25-15)17(23)22-14-3-1-2-12(14)10-21/h4-9,12,14,18H,1-3,10,21H2,(H,22,23). The van der Waals surface area contributed by atoms with Crippen LogP contribution in [0.15, 0.2) is 36.4 Å². The van der Waals surface area contributed by atoms with Crippen LogP contribution in [-0.2, 0) is 0 Å². The molecule has 1 heterocycles. The Balaban J connectivity index is 1.66. The van der Waals surface area contributed by atoms with E-state index in [4.69, 9.17) is 5.73 Å². The number of amides is 1. The molecule has 1 amide bonds. The monoisotopic (exact) mass is 366 g/mol. The van der Waals surface area contributed by atoms with Gasteiger partial charge in [0.15, 0.2) is 0 Å². The van der Waals surface area contributed by atoms with Crippen molar-refractivity contribution in [2.24, 2.45) is 11.7 Å². The molecule has 2 aromatic rings. The Kier molecular flexibility index (Phi) is 5.65. The molecule has 1 aliphatic rings. The van der Waals surface area contributed by atoms with Gasteiger partial charge in [0.05, 0.1) is 4.88 Å². The van der Waals surface area contributed by atoms with Gasteiger partial charge in [-0.15, -0.1) is 11.3 Å². The first kappa shape index (κ1) is 17.8. The highest BCUT2D eigenvalue weighted by Crippen LogP contribution is 2.31. The minimum Gasteiger partial charge on any atom is -0.435 e. The maximum atomic E-state index is 12.4. The summed E-state index contributed by atoms with van der Waals surface area (Å²) < 4.78 is 28.7. The molecule has 2 unspecified atom stereocenters. The SMILES string of the molecule is NCC1CCCC1NC(=O)c1ccc(-c2ccc(OC(F)F)cc2)s1. The van der Waals surface area contributed by atoms with Crippen molar-refractivity contribution in [2.75, 3.05) is 6.54 Å². The van der Waals surface area contributed by atoms with Crippen LogP contribution in [0.2, 0.25) is 0 Å². The number of nitrogens with two attached hydrogens (primary N) is 1. The number of hydrogen-bond acceptors (Lipinski definition) is 4. The van der Waals surface area contributed by atoms with Crippen LogP contribution in [-0.4, -0.2) is 25.1 Å². The molecule has 3 N–H and O–H groups in total. The van der Waals surface area contributed by atoms with E-state index in [0.29, 0.717) is 17.3 Å². The smallest absolute Gasteiger partial charge is 0.387 e. The fourth-order valence-corrected chi connectivity index (χ4v) is 4.08. The van der Waals surface area contributed by atoms with Gasteiger partial charge in [0.1, 0.15) is 5.75 Å². The maximum absolute atomic E-state index is 12.4.